The van der Waals surface area contributed by atoms with Crippen LogP contribution in [0.4, 0.5) is 4.79 Å². The van der Waals surface area contributed by atoms with Gasteiger partial charge in [0.05, 0.1) is 6.61 Å². The van der Waals surface area contributed by atoms with Crippen LogP contribution >= 0.6 is 0 Å². The highest BCUT2D eigenvalue weighted by Gasteiger charge is 2.38. The molecule has 1 saturated carbocycles. The first-order chi connectivity index (χ1) is 15.8. The van der Waals surface area contributed by atoms with E-state index in [0.29, 0.717) is 12.3 Å². The minimum atomic E-state index is -1.83. The van der Waals surface area contributed by atoms with Crippen LogP contribution in [-0.4, -0.2) is 53.0 Å². The molecular formula is C25H28N2O6. The first kappa shape index (κ1) is 22.8. The average molecular weight is 453 g/mol. The van der Waals surface area contributed by atoms with Crippen molar-refractivity contribution >= 4 is 18.0 Å². The van der Waals surface area contributed by atoms with Gasteiger partial charge in [0.25, 0.3) is 0 Å². The summed E-state index contributed by atoms with van der Waals surface area (Å²) in [7, 11) is 0. The largest absolute Gasteiger partial charge is 0.479 e. The van der Waals surface area contributed by atoms with Crippen molar-refractivity contribution in [1.29, 1.82) is 0 Å². The minimum Gasteiger partial charge on any atom is -0.479 e. The van der Waals surface area contributed by atoms with Gasteiger partial charge in [-0.15, -0.1) is 0 Å². The van der Waals surface area contributed by atoms with Crippen molar-refractivity contribution in [3.05, 3.63) is 59.7 Å². The quantitative estimate of drug-likeness (QED) is 0.464. The Hall–Kier alpha value is -3.39. The molecular weight excluding hydrogens is 424 g/mol. The first-order valence-electron chi connectivity index (χ1n) is 11.1. The Bertz CT molecular complexity index is 1020. The molecule has 8 heteroatoms. The van der Waals surface area contributed by atoms with E-state index in [2.05, 4.69) is 10.6 Å². The molecule has 2 atom stereocenters. The zero-order chi connectivity index (χ0) is 23.6. The summed E-state index contributed by atoms with van der Waals surface area (Å²) in [5.41, 5.74) is 2.56. The smallest absolute Gasteiger partial charge is 0.407 e. The van der Waals surface area contributed by atoms with Gasteiger partial charge in [0.1, 0.15) is 12.6 Å². The van der Waals surface area contributed by atoms with Crippen LogP contribution in [0.3, 0.4) is 0 Å². The van der Waals surface area contributed by atoms with E-state index in [1.54, 1.807) is 0 Å². The highest BCUT2D eigenvalue weighted by atomic mass is 16.5. The number of rotatable bonds is 9. The van der Waals surface area contributed by atoms with Gasteiger partial charge in [-0.1, -0.05) is 61.4 Å². The van der Waals surface area contributed by atoms with Gasteiger partial charge in [0.2, 0.25) is 5.91 Å². The van der Waals surface area contributed by atoms with Crippen LogP contribution in [0.1, 0.15) is 43.2 Å². The van der Waals surface area contributed by atoms with Crippen LogP contribution < -0.4 is 10.6 Å². The number of aliphatic carboxylic acids is 1. The molecule has 33 heavy (non-hydrogen) atoms. The van der Waals surface area contributed by atoms with Gasteiger partial charge >= 0.3 is 12.1 Å². The number of ether oxygens (including phenoxy) is 1. The van der Waals surface area contributed by atoms with Crippen molar-refractivity contribution < 1.29 is 29.3 Å². The van der Waals surface area contributed by atoms with E-state index in [0.717, 1.165) is 35.1 Å². The summed E-state index contributed by atoms with van der Waals surface area (Å²) in [6, 6.07) is 15.0. The maximum absolute atomic E-state index is 12.8. The molecule has 2 amide bonds. The Morgan fingerprint density at radius 3 is 2.15 bits per heavy atom. The van der Waals surface area contributed by atoms with Crippen molar-refractivity contribution in [2.75, 3.05) is 13.2 Å². The number of carbonyl (C=O) groups excluding carboxylic acids is 2. The predicted octanol–water partition coefficient (Wildman–Crippen LogP) is 2.65. The maximum atomic E-state index is 12.8. The predicted molar refractivity (Wildman–Crippen MR) is 121 cm³/mol. The third-order valence-electron chi connectivity index (χ3n) is 6.41. The number of aliphatic hydroxyl groups is 1. The second-order valence-corrected chi connectivity index (χ2v) is 8.99. The van der Waals surface area contributed by atoms with Crippen molar-refractivity contribution in [2.24, 2.45) is 5.92 Å². The molecule has 0 radical (unpaired) electrons. The third-order valence-corrected chi connectivity index (χ3v) is 6.41. The highest BCUT2D eigenvalue weighted by Crippen LogP contribution is 2.44. The van der Waals surface area contributed by atoms with Gasteiger partial charge in [0.15, 0.2) is 5.54 Å². The SMILES string of the molecule is CC(CO)(NC(=O)C(CC1CC1)NC(=O)OCC1c2ccccc2-c2ccccc21)C(=O)O. The van der Waals surface area contributed by atoms with E-state index in [9.17, 15) is 24.6 Å². The van der Waals surface area contributed by atoms with Crippen LogP contribution in [-0.2, 0) is 14.3 Å². The van der Waals surface area contributed by atoms with E-state index in [4.69, 9.17) is 4.74 Å². The van der Waals surface area contributed by atoms with Crippen LogP contribution in [0.15, 0.2) is 48.5 Å². The molecule has 4 rings (SSSR count). The summed E-state index contributed by atoms with van der Waals surface area (Å²) in [5, 5.41) is 23.7. The zero-order valence-electron chi connectivity index (χ0n) is 18.4. The van der Waals surface area contributed by atoms with Crippen LogP contribution in [0, 0.1) is 5.92 Å². The molecule has 0 aliphatic heterocycles. The first-order valence-corrected chi connectivity index (χ1v) is 11.1. The van der Waals surface area contributed by atoms with Crippen LogP contribution in [0.2, 0.25) is 0 Å². The summed E-state index contributed by atoms with van der Waals surface area (Å²) in [5.74, 6) is -1.83. The molecule has 8 nitrogen and oxygen atoms in total. The van der Waals surface area contributed by atoms with Gasteiger partial charge in [-0.3, -0.25) is 4.79 Å². The molecule has 2 aliphatic rings. The Morgan fingerprint density at radius 2 is 1.64 bits per heavy atom. The lowest BCUT2D eigenvalue weighted by atomic mass is 9.98. The lowest BCUT2D eigenvalue weighted by molar-refractivity contribution is -0.149. The van der Waals surface area contributed by atoms with E-state index in [-0.39, 0.29) is 12.5 Å². The normalized spacial score (nSPS) is 17.3. The number of carbonyl (C=O) groups is 3. The molecule has 0 saturated heterocycles. The van der Waals surface area contributed by atoms with Gasteiger partial charge in [0, 0.05) is 5.92 Å². The number of aliphatic hydroxyl groups excluding tert-OH is 1. The molecule has 2 aromatic rings. The summed E-state index contributed by atoms with van der Waals surface area (Å²) in [6.45, 7) is 0.561. The van der Waals surface area contributed by atoms with Crippen molar-refractivity contribution in [3.8, 4) is 11.1 Å². The molecule has 0 aromatic heterocycles. The molecule has 1 fully saturated rings. The van der Waals surface area contributed by atoms with Crippen LogP contribution in [0.5, 0.6) is 0 Å². The van der Waals surface area contributed by atoms with Crippen molar-refractivity contribution in [3.63, 3.8) is 0 Å². The lowest BCUT2D eigenvalue weighted by Crippen LogP contribution is -2.59. The number of fused-ring (bicyclic) bond motifs is 3. The molecule has 4 N–H and O–H groups in total. The summed E-state index contributed by atoms with van der Waals surface area (Å²) < 4.78 is 5.53. The summed E-state index contributed by atoms with van der Waals surface area (Å²) >= 11 is 0. The Labute approximate surface area is 192 Å². The third kappa shape index (κ3) is 4.85. The fourth-order valence-electron chi connectivity index (χ4n) is 4.22. The second-order valence-electron chi connectivity index (χ2n) is 8.99. The number of alkyl carbamates (subject to hydrolysis) is 1. The van der Waals surface area contributed by atoms with Gasteiger partial charge in [-0.2, -0.15) is 0 Å². The fourth-order valence-corrected chi connectivity index (χ4v) is 4.22. The van der Waals surface area contributed by atoms with Crippen LogP contribution in [0.25, 0.3) is 11.1 Å². The summed E-state index contributed by atoms with van der Waals surface area (Å²) in [6.07, 6.45) is 1.55. The van der Waals surface area contributed by atoms with E-state index in [1.807, 2.05) is 48.5 Å². The average Bonchev–Trinajstić information content (AvgIpc) is 3.57. The minimum absolute atomic E-state index is 0.108. The number of carboxylic acids is 1. The highest BCUT2D eigenvalue weighted by molar-refractivity contribution is 5.91. The fraction of sp³-hybridized carbons (Fsp3) is 0.400. The van der Waals surface area contributed by atoms with Crippen molar-refractivity contribution in [2.45, 2.75) is 43.7 Å². The van der Waals surface area contributed by atoms with E-state index < -0.39 is 36.2 Å². The second kappa shape index (κ2) is 9.23. The molecule has 2 aliphatic carbocycles. The van der Waals surface area contributed by atoms with E-state index in [1.165, 1.54) is 6.92 Å². The molecule has 2 aromatic carbocycles. The molecule has 2 unspecified atom stereocenters. The topological polar surface area (TPSA) is 125 Å². The Balaban J connectivity index is 1.42. The number of carboxylic acid groups (broad SMARTS) is 1. The summed E-state index contributed by atoms with van der Waals surface area (Å²) in [4.78, 5) is 36.8. The number of hydrogen-bond donors (Lipinski definition) is 4. The number of nitrogens with one attached hydrogen (secondary N) is 2. The zero-order valence-corrected chi connectivity index (χ0v) is 18.4. The molecule has 174 valence electrons. The number of amides is 2. The molecule has 0 spiro atoms. The van der Waals surface area contributed by atoms with Gasteiger partial charge in [-0.25, -0.2) is 9.59 Å². The Morgan fingerprint density at radius 1 is 1.06 bits per heavy atom. The van der Waals surface area contributed by atoms with Gasteiger partial charge < -0.3 is 25.6 Å². The molecule has 0 heterocycles. The monoisotopic (exact) mass is 452 g/mol. The van der Waals surface area contributed by atoms with E-state index >= 15 is 0 Å². The Kier molecular flexibility index (Phi) is 6.37. The maximum Gasteiger partial charge on any atom is 0.407 e. The standard InChI is InChI=1S/C25H28N2O6/c1-25(14-28,23(30)31)27-22(29)21(12-15-10-11-15)26-24(32)33-13-20-18-8-4-2-6-16(18)17-7-3-5-9-19(17)20/h2-9,15,20-21,28H,10-14H2,1H3,(H,26,32)(H,27,29)(H,30,31). The lowest BCUT2D eigenvalue weighted by Gasteiger charge is -2.27. The van der Waals surface area contributed by atoms with Gasteiger partial charge in [-0.05, 0) is 41.5 Å². The number of benzene rings is 2. The molecule has 0 bridgehead atoms. The number of hydrogen-bond acceptors (Lipinski definition) is 5. The van der Waals surface area contributed by atoms with Crippen molar-refractivity contribution in [1.82, 2.24) is 10.6 Å².